The number of carboxylic acid groups (broad SMARTS) is 1. The first-order chi connectivity index (χ1) is 11.1. The summed E-state index contributed by atoms with van der Waals surface area (Å²) in [7, 11) is 1.59. The van der Waals surface area contributed by atoms with Crippen molar-refractivity contribution in [3.8, 4) is 0 Å². The molecule has 126 valence electrons. The van der Waals surface area contributed by atoms with Gasteiger partial charge in [0, 0.05) is 38.1 Å². The lowest BCUT2D eigenvalue weighted by Gasteiger charge is -2.23. The lowest BCUT2D eigenvalue weighted by Crippen LogP contribution is -2.33. The third kappa shape index (κ3) is 5.47. The van der Waals surface area contributed by atoms with Crippen molar-refractivity contribution in [3.63, 3.8) is 0 Å². The van der Waals surface area contributed by atoms with Crippen LogP contribution in [-0.2, 0) is 4.79 Å². The first kappa shape index (κ1) is 17.1. The molecule has 0 bridgehead atoms. The Kier molecular flexibility index (Phi) is 6.26. The van der Waals surface area contributed by atoms with Crippen LogP contribution in [-0.4, -0.2) is 48.7 Å². The average Bonchev–Trinajstić information content (AvgIpc) is 2.82. The minimum absolute atomic E-state index is 0.0578. The van der Waals surface area contributed by atoms with Gasteiger partial charge in [-0.2, -0.15) is 0 Å². The van der Waals surface area contributed by atoms with Gasteiger partial charge in [-0.25, -0.2) is 4.79 Å². The fourth-order valence-electron chi connectivity index (χ4n) is 2.69. The van der Waals surface area contributed by atoms with Crippen molar-refractivity contribution in [2.75, 3.05) is 36.9 Å². The predicted molar refractivity (Wildman–Crippen MR) is 91.0 cm³/mol. The normalized spacial score (nSPS) is 14.9. The molecule has 23 heavy (non-hydrogen) atoms. The maximum atomic E-state index is 12.1. The lowest BCUT2D eigenvalue weighted by atomic mass is 10.2. The molecule has 2 rings (SSSR count). The van der Waals surface area contributed by atoms with Gasteiger partial charge in [0.25, 0.3) is 0 Å². The van der Waals surface area contributed by atoms with Crippen LogP contribution in [0, 0.1) is 0 Å². The number of aliphatic carboxylic acids is 1. The molecule has 0 spiro atoms. The molecule has 1 aliphatic heterocycles. The van der Waals surface area contributed by atoms with Crippen LogP contribution < -0.4 is 10.2 Å². The number of nitrogens with one attached hydrogen (secondary N) is 1. The van der Waals surface area contributed by atoms with Gasteiger partial charge in [0.2, 0.25) is 0 Å². The number of nitrogens with zero attached hydrogens (tertiary/aromatic N) is 2. The van der Waals surface area contributed by atoms with E-state index in [9.17, 15) is 9.59 Å². The zero-order chi connectivity index (χ0) is 16.7. The van der Waals surface area contributed by atoms with Crippen LogP contribution in [0.4, 0.5) is 16.2 Å². The number of urea groups is 1. The molecular formula is C17H25N3O3. The highest BCUT2D eigenvalue weighted by atomic mass is 16.4. The Morgan fingerprint density at radius 3 is 2.57 bits per heavy atom. The van der Waals surface area contributed by atoms with E-state index in [0.29, 0.717) is 0 Å². The summed E-state index contributed by atoms with van der Waals surface area (Å²) in [4.78, 5) is 26.4. The molecule has 1 aromatic rings. The highest BCUT2D eigenvalue weighted by Crippen LogP contribution is 2.22. The standard InChI is InChI=1S/C17H25N3O3/c1-19(12-9-16(21)22)17(23)18-14-7-6-8-15(13-14)20-10-4-2-3-5-11-20/h6-8,13H,2-5,9-12H2,1H3,(H,18,23)(H,21,22). The monoisotopic (exact) mass is 319 g/mol. The number of carbonyl (C=O) groups is 2. The van der Waals surface area contributed by atoms with Gasteiger partial charge in [-0.15, -0.1) is 0 Å². The molecule has 0 aliphatic carbocycles. The van der Waals surface area contributed by atoms with Gasteiger partial charge < -0.3 is 20.2 Å². The van der Waals surface area contributed by atoms with Crippen molar-refractivity contribution in [2.24, 2.45) is 0 Å². The first-order valence-electron chi connectivity index (χ1n) is 8.15. The summed E-state index contributed by atoms with van der Waals surface area (Å²) >= 11 is 0. The minimum atomic E-state index is -0.909. The highest BCUT2D eigenvalue weighted by Gasteiger charge is 2.13. The molecule has 6 nitrogen and oxygen atoms in total. The van der Waals surface area contributed by atoms with Crippen LogP contribution in [0.3, 0.4) is 0 Å². The van der Waals surface area contributed by atoms with Crippen molar-refractivity contribution in [1.29, 1.82) is 0 Å². The maximum absolute atomic E-state index is 12.1. The van der Waals surface area contributed by atoms with Crippen LogP contribution in [0.25, 0.3) is 0 Å². The number of amides is 2. The number of carboxylic acids is 1. The quantitative estimate of drug-likeness (QED) is 0.875. The van der Waals surface area contributed by atoms with Gasteiger partial charge in [-0.1, -0.05) is 18.9 Å². The predicted octanol–water partition coefficient (Wildman–Crippen LogP) is 3.01. The van der Waals surface area contributed by atoms with Gasteiger partial charge in [-0.3, -0.25) is 4.79 Å². The number of rotatable bonds is 5. The van der Waals surface area contributed by atoms with E-state index in [1.54, 1.807) is 7.05 Å². The summed E-state index contributed by atoms with van der Waals surface area (Å²) in [6, 6.07) is 7.54. The van der Waals surface area contributed by atoms with Crippen LogP contribution in [0.15, 0.2) is 24.3 Å². The molecule has 1 aliphatic rings. The van der Waals surface area contributed by atoms with Crippen molar-refractivity contribution < 1.29 is 14.7 Å². The topological polar surface area (TPSA) is 72.9 Å². The molecule has 1 aromatic carbocycles. The Morgan fingerprint density at radius 2 is 1.91 bits per heavy atom. The SMILES string of the molecule is CN(CCC(=O)O)C(=O)Nc1cccc(N2CCCCCC2)c1. The Balaban J connectivity index is 1.96. The van der Waals surface area contributed by atoms with E-state index in [1.165, 1.54) is 30.6 Å². The Hall–Kier alpha value is -2.24. The van der Waals surface area contributed by atoms with Crippen LogP contribution >= 0.6 is 0 Å². The number of hydrogen-bond acceptors (Lipinski definition) is 3. The van der Waals surface area contributed by atoms with E-state index in [2.05, 4.69) is 16.3 Å². The zero-order valence-corrected chi connectivity index (χ0v) is 13.6. The zero-order valence-electron chi connectivity index (χ0n) is 13.6. The fraction of sp³-hybridized carbons (Fsp3) is 0.529. The summed E-state index contributed by atoms with van der Waals surface area (Å²) in [5, 5.41) is 11.5. The van der Waals surface area contributed by atoms with E-state index in [0.717, 1.165) is 24.5 Å². The summed E-state index contributed by atoms with van der Waals surface area (Å²) in [6.45, 7) is 2.29. The maximum Gasteiger partial charge on any atom is 0.321 e. The van der Waals surface area contributed by atoms with Crippen LogP contribution in [0.5, 0.6) is 0 Å². The second-order valence-corrected chi connectivity index (χ2v) is 5.95. The number of carbonyl (C=O) groups excluding carboxylic acids is 1. The van der Waals surface area contributed by atoms with Gasteiger partial charge in [0.05, 0.1) is 6.42 Å². The average molecular weight is 319 g/mol. The van der Waals surface area contributed by atoms with Crippen LogP contribution in [0.1, 0.15) is 32.1 Å². The smallest absolute Gasteiger partial charge is 0.321 e. The molecule has 2 amide bonds. The first-order valence-corrected chi connectivity index (χ1v) is 8.15. The third-order valence-corrected chi connectivity index (χ3v) is 4.08. The van der Waals surface area contributed by atoms with Crippen molar-refractivity contribution in [2.45, 2.75) is 32.1 Å². The van der Waals surface area contributed by atoms with E-state index in [4.69, 9.17) is 5.11 Å². The molecule has 0 atom stereocenters. The summed E-state index contributed by atoms with van der Waals surface area (Å²) < 4.78 is 0. The number of benzene rings is 1. The second kappa shape index (κ2) is 8.41. The van der Waals surface area contributed by atoms with Gasteiger partial charge in [-0.05, 0) is 31.0 Å². The number of hydrogen-bond donors (Lipinski definition) is 2. The molecule has 2 N–H and O–H groups in total. The van der Waals surface area contributed by atoms with Crippen molar-refractivity contribution in [1.82, 2.24) is 4.90 Å². The minimum Gasteiger partial charge on any atom is -0.481 e. The van der Waals surface area contributed by atoms with E-state index in [1.807, 2.05) is 18.2 Å². The van der Waals surface area contributed by atoms with Gasteiger partial charge >= 0.3 is 12.0 Å². The van der Waals surface area contributed by atoms with E-state index in [-0.39, 0.29) is 19.0 Å². The molecule has 1 saturated heterocycles. The Bertz CT molecular complexity index is 540. The molecule has 0 saturated carbocycles. The fourth-order valence-corrected chi connectivity index (χ4v) is 2.69. The summed E-state index contributed by atoms with van der Waals surface area (Å²) in [6.07, 6.45) is 4.91. The van der Waals surface area contributed by atoms with Crippen molar-refractivity contribution >= 4 is 23.4 Å². The summed E-state index contributed by atoms with van der Waals surface area (Å²) in [5.41, 5.74) is 1.86. The van der Waals surface area contributed by atoms with Gasteiger partial charge in [0.15, 0.2) is 0 Å². The molecule has 0 aromatic heterocycles. The van der Waals surface area contributed by atoms with E-state index < -0.39 is 5.97 Å². The molecule has 0 unspecified atom stereocenters. The lowest BCUT2D eigenvalue weighted by molar-refractivity contribution is -0.137. The second-order valence-electron chi connectivity index (χ2n) is 5.95. The van der Waals surface area contributed by atoms with Crippen molar-refractivity contribution in [3.05, 3.63) is 24.3 Å². The summed E-state index contributed by atoms with van der Waals surface area (Å²) in [5.74, 6) is -0.909. The highest BCUT2D eigenvalue weighted by molar-refractivity contribution is 5.90. The van der Waals surface area contributed by atoms with Gasteiger partial charge in [0.1, 0.15) is 0 Å². The molecule has 1 fully saturated rings. The molecule has 1 heterocycles. The largest absolute Gasteiger partial charge is 0.481 e. The Labute approximate surface area is 137 Å². The Morgan fingerprint density at radius 1 is 1.22 bits per heavy atom. The van der Waals surface area contributed by atoms with E-state index >= 15 is 0 Å². The van der Waals surface area contributed by atoms with Crippen LogP contribution in [0.2, 0.25) is 0 Å². The molecule has 0 radical (unpaired) electrons. The molecule has 6 heteroatoms. The number of anilines is 2. The molecular weight excluding hydrogens is 294 g/mol. The third-order valence-electron chi connectivity index (χ3n) is 4.08.